The van der Waals surface area contributed by atoms with Gasteiger partial charge in [-0.2, -0.15) is 11.8 Å². The monoisotopic (exact) mass is 456 g/mol. The van der Waals surface area contributed by atoms with E-state index in [-0.39, 0.29) is 0 Å². The molecule has 0 radical (unpaired) electrons. The Labute approximate surface area is 188 Å². The fraction of sp³-hybridized carbons (Fsp3) is 0.455. The predicted molar refractivity (Wildman–Crippen MR) is 126 cm³/mol. The number of hydrogen-bond donors (Lipinski definition) is 3. The Kier molecular flexibility index (Phi) is 11.8. The van der Waals surface area contributed by atoms with E-state index in [1.807, 2.05) is 17.8 Å². The molecule has 2 rings (SSSR count). The first-order valence-corrected chi connectivity index (χ1v) is 11.8. The smallest absolute Gasteiger partial charge is 0.0915 e. The number of rotatable bonds is 14. The summed E-state index contributed by atoms with van der Waals surface area (Å²) in [4.78, 5) is 0. The molecule has 2 aromatic carbocycles. The molecular weight excluding hydrogens is 427 g/mol. The Morgan fingerprint density at radius 1 is 1.03 bits per heavy atom. The van der Waals surface area contributed by atoms with Gasteiger partial charge in [-0.3, -0.25) is 0 Å². The number of hydrogen-bond acceptors (Lipinski definition) is 5. The van der Waals surface area contributed by atoms with Crippen LogP contribution in [0.15, 0.2) is 42.5 Å². The van der Waals surface area contributed by atoms with Crippen LogP contribution in [0.4, 0.5) is 5.69 Å². The number of unbranched alkanes of at least 4 members (excludes halogenated alkanes) is 1. The number of nitrogens with two attached hydrogens (primary N) is 1. The average molecular weight is 457 g/mol. The van der Waals surface area contributed by atoms with Crippen LogP contribution in [-0.2, 0) is 11.2 Å². The second-order valence-electron chi connectivity index (χ2n) is 6.79. The lowest BCUT2D eigenvalue weighted by Gasteiger charge is -2.14. The second kappa shape index (κ2) is 14.1. The van der Waals surface area contributed by atoms with Gasteiger partial charge in [0.15, 0.2) is 0 Å². The van der Waals surface area contributed by atoms with Gasteiger partial charge in [-0.05, 0) is 54.8 Å². The molecule has 0 saturated heterocycles. The van der Waals surface area contributed by atoms with E-state index in [0.717, 1.165) is 50.5 Å². The van der Waals surface area contributed by atoms with Crippen molar-refractivity contribution in [3.8, 4) is 0 Å². The maximum absolute atomic E-state index is 10.2. The van der Waals surface area contributed by atoms with E-state index >= 15 is 0 Å². The summed E-state index contributed by atoms with van der Waals surface area (Å²) in [6.07, 6.45) is 2.43. The van der Waals surface area contributed by atoms with Gasteiger partial charge >= 0.3 is 0 Å². The molecule has 1 atom stereocenters. The Bertz CT molecular complexity index is 696. The molecular formula is C22H30Cl2N2O2S. The van der Waals surface area contributed by atoms with Crippen molar-refractivity contribution in [3.05, 3.63) is 63.6 Å². The molecule has 4 nitrogen and oxygen atoms in total. The number of aliphatic hydroxyl groups excluding tert-OH is 1. The fourth-order valence-corrected chi connectivity index (χ4v) is 4.09. The largest absolute Gasteiger partial charge is 0.396 e. The van der Waals surface area contributed by atoms with Crippen molar-refractivity contribution >= 4 is 40.7 Å². The normalized spacial score (nSPS) is 12.2. The van der Waals surface area contributed by atoms with Crippen molar-refractivity contribution in [1.29, 1.82) is 0 Å². The Morgan fingerprint density at radius 2 is 1.76 bits per heavy atom. The molecule has 7 heteroatoms. The molecule has 4 N–H and O–H groups in total. The van der Waals surface area contributed by atoms with Crippen molar-refractivity contribution in [1.82, 2.24) is 5.32 Å². The van der Waals surface area contributed by atoms with Gasteiger partial charge < -0.3 is 20.9 Å². The summed E-state index contributed by atoms with van der Waals surface area (Å²) in [5.41, 5.74) is 8.11. The number of benzene rings is 2. The van der Waals surface area contributed by atoms with Crippen LogP contribution in [0.2, 0.25) is 10.0 Å². The molecule has 2 aromatic rings. The van der Waals surface area contributed by atoms with E-state index in [2.05, 4.69) is 29.6 Å². The van der Waals surface area contributed by atoms with Crippen LogP contribution >= 0.6 is 35.0 Å². The summed E-state index contributed by atoms with van der Waals surface area (Å²) < 4.78 is 5.68. The van der Waals surface area contributed by atoms with Crippen molar-refractivity contribution in [3.63, 3.8) is 0 Å². The molecule has 1 unspecified atom stereocenters. The van der Waals surface area contributed by atoms with E-state index in [0.29, 0.717) is 27.8 Å². The van der Waals surface area contributed by atoms with Gasteiger partial charge in [-0.25, -0.2) is 0 Å². The number of halogens is 2. The standard InChI is InChI=1S/C22H30Cl2N2O2S/c23-19-14-18(15-20(24)22(19)25)21(27)16-26-9-4-5-10-28-11-13-29-12-8-17-6-2-1-3-7-17/h1-3,6-7,14-15,21,26-27H,4-5,8-13,16,25H2. The first-order chi connectivity index (χ1) is 14.1. The van der Waals surface area contributed by atoms with Crippen LogP contribution in [-0.4, -0.2) is 42.9 Å². The Balaban J connectivity index is 1.42. The van der Waals surface area contributed by atoms with Crippen LogP contribution in [0, 0.1) is 0 Å². The van der Waals surface area contributed by atoms with Gasteiger partial charge in [-0.1, -0.05) is 53.5 Å². The highest BCUT2D eigenvalue weighted by Gasteiger charge is 2.11. The number of nitrogen functional groups attached to an aromatic ring is 1. The van der Waals surface area contributed by atoms with Gasteiger partial charge in [0.1, 0.15) is 0 Å². The zero-order chi connectivity index (χ0) is 20.9. The molecule has 0 aromatic heterocycles. The minimum absolute atomic E-state index is 0.340. The zero-order valence-corrected chi connectivity index (χ0v) is 18.9. The first-order valence-electron chi connectivity index (χ1n) is 9.90. The number of nitrogens with one attached hydrogen (secondary N) is 1. The molecule has 0 heterocycles. The maximum Gasteiger partial charge on any atom is 0.0915 e. The highest BCUT2D eigenvalue weighted by molar-refractivity contribution is 7.99. The van der Waals surface area contributed by atoms with Crippen molar-refractivity contribution in [2.24, 2.45) is 0 Å². The Morgan fingerprint density at radius 3 is 2.48 bits per heavy atom. The highest BCUT2D eigenvalue weighted by atomic mass is 35.5. The molecule has 0 bridgehead atoms. The minimum Gasteiger partial charge on any atom is -0.396 e. The Hall–Kier alpha value is -0.950. The molecule has 0 spiro atoms. The van der Waals surface area contributed by atoms with Crippen molar-refractivity contribution in [2.45, 2.75) is 25.4 Å². The molecule has 0 aliphatic rings. The quantitative estimate of drug-likeness (QED) is 0.276. The maximum atomic E-state index is 10.2. The topological polar surface area (TPSA) is 67.5 Å². The second-order valence-corrected chi connectivity index (χ2v) is 8.82. The predicted octanol–water partition coefficient (Wildman–Crippen LogP) is 4.97. The average Bonchev–Trinajstić information content (AvgIpc) is 2.73. The first kappa shape index (κ1) is 24.3. The summed E-state index contributed by atoms with van der Waals surface area (Å²) in [5, 5.41) is 14.2. The molecule has 29 heavy (non-hydrogen) atoms. The zero-order valence-electron chi connectivity index (χ0n) is 16.6. The molecule has 0 saturated carbocycles. The summed E-state index contributed by atoms with van der Waals surface area (Å²) in [6.45, 7) is 2.83. The molecule has 0 aliphatic carbocycles. The number of thioether (sulfide) groups is 1. The van der Waals surface area contributed by atoms with E-state index in [4.69, 9.17) is 33.7 Å². The lowest BCUT2D eigenvalue weighted by molar-refractivity contribution is 0.144. The minimum atomic E-state index is -0.672. The van der Waals surface area contributed by atoms with Crippen LogP contribution < -0.4 is 11.1 Å². The summed E-state index contributed by atoms with van der Waals surface area (Å²) in [7, 11) is 0. The van der Waals surface area contributed by atoms with E-state index in [1.165, 1.54) is 5.56 Å². The van der Waals surface area contributed by atoms with Gasteiger partial charge in [0.2, 0.25) is 0 Å². The lowest BCUT2D eigenvalue weighted by Crippen LogP contribution is -2.23. The number of anilines is 1. The SMILES string of the molecule is Nc1c(Cl)cc(C(O)CNCCCCOCCSCCc2ccccc2)cc1Cl. The van der Waals surface area contributed by atoms with Crippen LogP contribution in [0.25, 0.3) is 0 Å². The van der Waals surface area contributed by atoms with Gasteiger partial charge in [0.25, 0.3) is 0 Å². The summed E-state index contributed by atoms with van der Waals surface area (Å²) in [6, 6.07) is 13.9. The fourth-order valence-electron chi connectivity index (χ4n) is 2.76. The van der Waals surface area contributed by atoms with Crippen LogP contribution in [0.5, 0.6) is 0 Å². The lowest BCUT2D eigenvalue weighted by atomic mass is 10.1. The van der Waals surface area contributed by atoms with Crippen molar-refractivity contribution < 1.29 is 9.84 Å². The van der Waals surface area contributed by atoms with Crippen molar-refractivity contribution in [2.75, 3.05) is 43.5 Å². The number of ether oxygens (including phenoxy) is 1. The number of aliphatic hydroxyl groups is 1. The van der Waals surface area contributed by atoms with Gasteiger partial charge in [0, 0.05) is 18.9 Å². The third-order valence-electron chi connectivity index (χ3n) is 4.47. The third-order valence-corrected chi connectivity index (χ3v) is 6.04. The molecule has 0 fully saturated rings. The molecule has 0 aliphatic heterocycles. The van der Waals surface area contributed by atoms with Crippen LogP contribution in [0.1, 0.15) is 30.1 Å². The van der Waals surface area contributed by atoms with Crippen LogP contribution in [0.3, 0.4) is 0 Å². The summed E-state index contributed by atoms with van der Waals surface area (Å²) >= 11 is 13.9. The van der Waals surface area contributed by atoms with Gasteiger partial charge in [-0.15, -0.1) is 0 Å². The molecule has 160 valence electrons. The van der Waals surface area contributed by atoms with E-state index < -0.39 is 6.10 Å². The van der Waals surface area contributed by atoms with E-state index in [9.17, 15) is 5.11 Å². The highest BCUT2D eigenvalue weighted by Crippen LogP contribution is 2.31. The molecule has 0 amide bonds. The third kappa shape index (κ3) is 9.60. The van der Waals surface area contributed by atoms with Gasteiger partial charge in [0.05, 0.1) is 28.4 Å². The number of aryl methyl sites for hydroxylation is 1. The summed E-state index contributed by atoms with van der Waals surface area (Å²) in [5.74, 6) is 2.16. The van der Waals surface area contributed by atoms with E-state index in [1.54, 1.807) is 12.1 Å².